The van der Waals surface area contributed by atoms with Crippen LogP contribution in [0.3, 0.4) is 0 Å². The summed E-state index contributed by atoms with van der Waals surface area (Å²) in [7, 11) is 1.42. The fraction of sp³-hybridized carbons (Fsp3) is 0.263. The van der Waals surface area contributed by atoms with Gasteiger partial charge in [-0.05, 0) is 30.7 Å². The summed E-state index contributed by atoms with van der Waals surface area (Å²) in [6.45, 7) is 0.577. The first-order valence-electron chi connectivity index (χ1n) is 8.45. The molecule has 0 spiro atoms. The maximum absolute atomic E-state index is 12.6. The number of ether oxygens (including phenoxy) is 1. The van der Waals surface area contributed by atoms with Gasteiger partial charge in [0.05, 0.1) is 11.5 Å². The van der Waals surface area contributed by atoms with Gasteiger partial charge < -0.3 is 14.6 Å². The second-order valence-electron chi connectivity index (χ2n) is 5.73. The molecule has 0 saturated heterocycles. The molecule has 1 aliphatic rings. The lowest BCUT2D eigenvalue weighted by molar-refractivity contribution is 0.0944. The van der Waals surface area contributed by atoms with E-state index in [0.717, 1.165) is 18.6 Å². The van der Waals surface area contributed by atoms with Gasteiger partial charge in [0.15, 0.2) is 5.69 Å². The zero-order valence-corrected chi connectivity index (χ0v) is 15.5. The van der Waals surface area contributed by atoms with Gasteiger partial charge in [0.25, 0.3) is 5.91 Å². The van der Waals surface area contributed by atoms with Crippen molar-refractivity contribution in [3.8, 4) is 5.75 Å². The van der Waals surface area contributed by atoms with Crippen LogP contribution in [0, 0.1) is 0 Å². The topological polar surface area (TPSA) is 98.5 Å². The molecule has 0 radical (unpaired) electrons. The van der Waals surface area contributed by atoms with Gasteiger partial charge >= 0.3 is 0 Å². The fourth-order valence-electron chi connectivity index (χ4n) is 2.52. The highest BCUT2D eigenvalue weighted by atomic mass is 32.2. The Morgan fingerprint density at radius 2 is 2.00 bits per heavy atom. The number of carbonyl (C=O) groups excluding carboxylic acids is 3. The number of ketones is 2. The number of rotatable bonds is 8. The van der Waals surface area contributed by atoms with Crippen LogP contribution in [0.5, 0.6) is 5.75 Å². The highest BCUT2D eigenvalue weighted by molar-refractivity contribution is 8.04. The van der Waals surface area contributed by atoms with Crippen LogP contribution >= 0.6 is 11.8 Å². The van der Waals surface area contributed by atoms with Crippen LogP contribution in [0.1, 0.15) is 44.2 Å². The maximum atomic E-state index is 12.6. The molecular formula is C19H18N2O5S. The van der Waals surface area contributed by atoms with Crippen LogP contribution in [-0.4, -0.2) is 42.0 Å². The third kappa shape index (κ3) is 4.28. The third-order valence-corrected chi connectivity index (χ3v) is 4.99. The average molecular weight is 386 g/mol. The highest BCUT2D eigenvalue weighted by Crippen LogP contribution is 2.31. The molecule has 140 valence electrons. The number of hydrogen-bond donors (Lipinski definition) is 1. The molecule has 0 saturated carbocycles. The van der Waals surface area contributed by atoms with E-state index in [1.807, 2.05) is 30.3 Å². The lowest BCUT2D eigenvalue weighted by Crippen LogP contribution is -2.23. The molecule has 1 aromatic heterocycles. The van der Waals surface area contributed by atoms with Crippen molar-refractivity contribution in [2.45, 2.75) is 12.8 Å². The molecule has 3 rings (SSSR count). The number of benzene rings is 1. The van der Waals surface area contributed by atoms with Crippen molar-refractivity contribution in [2.24, 2.45) is 0 Å². The van der Waals surface area contributed by atoms with Crippen LogP contribution in [0.4, 0.5) is 0 Å². The lowest BCUT2D eigenvalue weighted by Gasteiger charge is -2.11. The lowest BCUT2D eigenvalue weighted by atomic mass is 10.00. The van der Waals surface area contributed by atoms with Gasteiger partial charge in [-0.3, -0.25) is 14.4 Å². The summed E-state index contributed by atoms with van der Waals surface area (Å²) in [5, 5.41) is 5.95. The molecule has 1 aromatic carbocycles. The zero-order chi connectivity index (χ0) is 19.2. The quantitative estimate of drug-likeness (QED) is 0.697. The Hall–Kier alpha value is -2.87. The number of nitrogens with one attached hydrogen (secondary N) is 1. The first kappa shape index (κ1) is 18.9. The molecule has 2 aromatic rings. The molecule has 0 bridgehead atoms. The van der Waals surface area contributed by atoms with Gasteiger partial charge in [-0.15, -0.1) is 11.8 Å². The number of thioether (sulfide) groups is 1. The van der Waals surface area contributed by atoms with Crippen molar-refractivity contribution in [1.82, 2.24) is 10.5 Å². The number of fused-ring (bicyclic) bond motifs is 1. The molecule has 0 unspecified atom stereocenters. The van der Waals surface area contributed by atoms with Crippen molar-refractivity contribution in [1.29, 1.82) is 0 Å². The van der Waals surface area contributed by atoms with Gasteiger partial charge in [0.2, 0.25) is 17.3 Å². The number of unbranched alkanes of at least 4 members (excludes halogenated alkanes) is 1. The summed E-state index contributed by atoms with van der Waals surface area (Å²) in [5.41, 5.74) is -0.218. The van der Waals surface area contributed by atoms with E-state index in [2.05, 4.69) is 10.5 Å². The van der Waals surface area contributed by atoms with Crippen LogP contribution in [-0.2, 0) is 0 Å². The van der Waals surface area contributed by atoms with Crippen molar-refractivity contribution >= 4 is 29.2 Å². The predicted molar refractivity (Wildman–Crippen MR) is 100 cm³/mol. The molecule has 8 heteroatoms. The van der Waals surface area contributed by atoms with Crippen LogP contribution < -0.4 is 10.1 Å². The first-order valence-corrected chi connectivity index (χ1v) is 9.43. The number of allylic oxidation sites excluding steroid dienone is 2. The number of Topliss-reactive ketones (excluding diaryl/α,β-unsaturated/α-hetero) is 1. The molecule has 1 N–H and O–H groups in total. The Morgan fingerprint density at radius 3 is 2.74 bits per heavy atom. The standard InChI is InChI=1S/C19H18N2O5S/c1-20-19(24)16-15-17(23)14(11-13(22)18(15)26-21-16)27-10-6-5-9-25-12-7-3-2-4-8-12/h2-4,7-8,11H,5-6,9-10H2,1H3,(H,20,24). The summed E-state index contributed by atoms with van der Waals surface area (Å²) in [5.74, 6) is -0.136. The van der Waals surface area contributed by atoms with Crippen LogP contribution in [0.25, 0.3) is 0 Å². The normalized spacial score (nSPS) is 13.1. The molecular weight excluding hydrogens is 368 g/mol. The van der Waals surface area contributed by atoms with Gasteiger partial charge in [0.1, 0.15) is 11.3 Å². The Bertz CT molecular complexity index is 889. The molecule has 1 aliphatic carbocycles. The van der Waals surface area contributed by atoms with E-state index in [-0.39, 0.29) is 17.0 Å². The van der Waals surface area contributed by atoms with Gasteiger partial charge in [0, 0.05) is 13.1 Å². The highest BCUT2D eigenvalue weighted by Gasteiger charge is 2.35. The Balaban J connectivity index is 1.52. The summed E-state index contributed by atoms with van der Waals surface area (Å²) in [6.07, 6.45) is 2.88. The van der Waals surface area contributed by atoms with Crippen LogP contribution in [0.2, 0.25) is 0 Å². The number of hydrogen-bond acceptors (Lipinski definition) is 7. The number of para-hydroxylation sites is 1. The smallest absolute Gasteiger partial charge is 0.274 e. The minimum atomic E-state index is -0.564. The number of carbonyl (C=O) groups is 3. The summed E-state index contributed by atoms with van der Waals surface area (Å²) in [6, 6.07) is 9.54. The van der Waals surface area contributed by atoms with Crippen molar-refractivity contribution < 1.29 is 23.6 Å². The predicted octanol–water partition coefficient (Wildman–Crippen LogP) is 2.89. The first-order chi connectivity index (χ1) is 13.1. The molecule has 1 heterocycles. The zero-order valence-electron chi connectivity index (χ0n) is 14.7. The van der Waals surface area contributed by atoms with Gasteiger partial charge in [-0.2, -0.15) is 0 Å². The van der Waals surface area contributed by atoms with Crippen molar-refractivity contribution in [2.75, 3.05) is 19.4 Å². The monoisotopic (exact) mass is 386 g/mol. The van der Waals surface area contributed by atoms with Crippen molar-refractivity contribution in [3.05, 3.63) is 58.3 Å². The minimum Gasteiger partial charge on any atom is -0.494 e. The molecule has 7 nitrogen and oxygen atoms in total. The van der Waals surface area contributed by atoms with E-state index in [1.165, 1.54) is 24.9 Å². The van der Waals surface area contributed by atoms with E-state index in [1.54, 1.807) is 0 Å². The molecule has 0 aliphatic heterocycles. The van der Waals surface area contributed by atoms with E-state index in [9.17, 15) is 14.4 Å². The third-order valence-electron chi connectivity index (χ3n) is 3.88. The van der Waals surface area contributed by atoms with E-state index in [4.69, 9.17) is 9.26 Å². The Kier molecular flexibility index (Phi) is 6.08. The van der Waals surface area contributed by atoms with Gasteiger partial charge in [-0.25, -0.2) is 0 Å². The molecule has 27 heavy (non-hydrogen) atoms. The number of nitrogens with zero attached hydrogens (tertiary/aromatic N) is 1. The maximum Gasteiger partial charge on any atom is 0.274 e. The van der Waals surface area contributed by atoms with Crippen LogP contribution in [0.15, 0.2) is 45.8 Å². The van der Waals surface area contributed by atoms with E-state index < -0.39 is 17.5 Å². The Morgan fingerprint density at radius 1 is 1.22 bits per heavy atom. The fourth-order valence-corrected chi connectivity index (χ4v) is 3.51. The number of amides is 1. The second kappa shape index (κ2) is 8.68. The largest absolute Gasteiger partial charge is 0.494 e. The molecule has 1 amide bonds. The second-order valence-corrected chi connectivity index (χ2v) is 6.87. The summed E-state index contributed by atoms with van der Waals surface area (Å²) < 4.78 is 10.5. The van der Waals surface area contributed by atoms with Gasteiger partial charge in [-0.1, -0.05) is 23.4 Å². The SMILES string of the molecule is CNC(=O)c1noc2c1C(=O)C(SCCCCOc1ccccc1)=CC2=O. The van der Waals surface area contributed by atoms with E-state index in [0.29, 0.717) is 17.3 Å². The Labute approximate surface area is 160 Å². The molecule has 0 fully saturated rings. The number of aromatic nitrogens is 1. The summed E-state index contributed by atoms with van der Waals surface area (Å²) >= 11 is 1.28. The molecule has 0 atom stereocenters. The minimum absolute atomic E-state index is 0.0586. The summed E-state index contributed by atoms with van der Waals surface area (Å²) in [4.78, 5) is 36.9. The average Bonchev–Trinajstić information content (AvgIpc) is 3.14. The van der Waals surface area contributed by atoms with E-state index >= 15 is 0 Å². The van der Waals surface area contributed by atoms with Crippen molar-refractivity contribution in [3.63, 3.8) is 0 Å².